The highest BCUT2D eigenvalue weighted by Crippen LogP contribution is 2.26. The summed E-state index contributed by atoms with van der Waals surface area (Å²) in [4.78, 5) is 2.87. The molecule has 1 unspecified atom stereocenters. The van der Waals surface area contributed by atoms with Crippen LogP contribution in [0.1, 0.15) is 17.5 Å². The van der Waals surface area contributed by atoms with Crippen LogP contribution >= 0.6 is 15.9 Å². The van der Waals surface area contributed by atoms with E-state index < -0.39 is 0 Å². The molecule has 0 bridgehead atoms. The van der Waals surface area contributed by atoms with Crippen LogP contribution in [0, 0.1) is 0 Å². The van der Waals surface area contributed by atoms with Crippen LogP contribution in [-0.4, -0.2) is 6.04 Å². The first kappa shape index (κ1) is 9.56. The largest absolute Gasteiger partial charge is 0.0903 e. The number of rotatable bonds is 1. The van der Waals surface area contributed by atoms with Crippen LogP contribution in [-0.2, 0) is 12.8 Å². The molecule has 0 saturated carbocycles. The molecule has 0 radical (unpaired) electrons. The van der Waals surface area contributed by atoms with Crippen LogP contribution in [0.15, 0.2) is 27.8 Å². The third kappa shape index (κ3) is 1.91. The van der Waals surface area contributed by atoms with Crippen molar-refractivity contribution in [1.82, 2.24) is 0 Å². The van der Waals surface area contributed by atoms with E-state index in [9.17, 15) is 0 Å². The Morgan fingerprint density at radius 2 is 2.29 bits per heavy atom. The van der Waals surface area contributed by atoms with E-state index in [0.717, 1.165) is 23.7 Å². The quantitative estimate of drug-likeness (QED) is 0.416. The lowest BCUT2D eigenvalue weighted by Crippen LogP contribution is -2.16. The molecule has 14 heavy (non-hydrogen) atoms. The molecular formula is C10H10BrN3. The topological polar surface area (TPSA) is 48.8 Å². The fourth-order valence-electron chi connectivity index (χ4n) is 1.88. The molecule has 0 N–H and O–H groups in total. The number of nitrogens with zero attached hydrogens (tertiary/aromatic N) is 3. The SMILES string of the molecule is [N-]=[N+]=NC1CCc2cc(Br)ccc2C1. The van der Waals surface area contributed by atoms with Crippen molar-refractivity contribution >= 4 is 15.9 Å². The monoisotopic (exact) mass is 251 g/mol. The van der Waals surface area contributed by atoms with Crippen LogP contribution in [0.3, 0.4) is 0 Å². The molecule has 0 fully saturated rings. The fourth-order valence-corrected chi connectivity index (χ4v) is 2.28. The Bertz CT molecular complexity index is 396. The van der Waals surface area contributed by atoms with E-state index >= 15 is 0 Å². The van der Waals surface area contributed by atoms with Crippen molar-refractivity contribution in [3.63, 3.8) is 0 Å². The smallest absolute Gasteiger partial charge is 0.0417 e. The van der Waals surface area contributed by atoms with Gasteiger partial charge in [-0.25, -0.2) is 0 Å². The fraction of sp³-hybridized carbons (Fsp3) is 0.400. The molecule has 0 saturated heterocycles. The third-order valence-corrected chi connectivity index (χ3v) is 3.08. The van der Waals surface area contributed by atoms with Crippen LogP contribution in [0.2, 0.25) is 0 Å². The van der Waals surface area contributed by atoms with Gasteiger partial charge in [-0.1, -0.05) is 27.1 Å². The highest BCUT2D eigenvalue weighted by molar-refractivity contribution is 9.10. The number of hydrogen-bond donors (Lipinski definition) is 0. The van der Waals surface area contributed by atoms with Gasteiger partial charge in [-0.2, -0.15) is 0 Å². The molecule has 1 aliphatic rings. The predicted octanol–water partition coefficient (Wildman–Crippen LogP) is 3.62. The van der Waals surface area contributed by atoms with Crippen molar-refractivity contribution in [2.45, 2.75) is 25.3 Å². The van der Waals surface area contributed by atoms with Gasteiger partial charge in [0, 0.05) is 15.4 Å². The van der Waals surface area contributed by atoms with Crippen molar-refractivity contribution in [3.05, 3.63) is 44.2 Å². The van der Waals surface area contributed by atoms with Crippen molar-refractivity contribution in [2.75, 3.05) is 0 Å². The molecule has 0 amide bonds. The summed E-state index contributed by atoms with van der Waals surface area (Å²) < 4.78 is 1.12. The first-order chi connectivity index (χ1) is 6.79. The van der Waals surface area contributed by atoms with E-state index in [0.29, 0.717) is 0 Å². The van der Waals surface area contributed by atoms with Gasteiger partial charge in [-0.3, -0.25) is 0 Å². The molecule has 1 aliphatic carbocycles. The summed E-state index contributed by atoms with van der Waals surface area (Å²) in [5.41, 5.74) is 11.1. The van der Waals surface area contributed by atoms with Gasteiger partial charge in [0.2, 0.25) is 0 Å². The van der Waals surface area contributed by atoms with Crippen LogP contribution in [0.5, 0.6) is 0 Å². The normalized spacial score (nSPS) is 19.6. The Morgan fingerprint density at radius 1 is 1.43 bits per heavy atom. The van der Waals surface area contributed by atoms with Gasteiger partial charge < -0.3 is 0 Å². The second-order valence-corrected chi connectivity index (χ2v) is 4.43. The average Bonchev–Trinajstić information content (AvgIpc) is 2.19. The maximum atomic E-state index is 8.36. The highest BCUT2D eigenvalue weighted by atomic mass is 79.9. The molecule has 2 rings (SSSR count). The van der Waals surface area contributed by atoms with Crippen LogP contribution in [0.25, 0.3) is 10.4 Å². The van der Waals surface area contributed by atoms with E-state index in [4.69, 9.17) is 5.53 Å². The van der Waals surface area contributed by atoms with Crippen molar-refractivity contribution in [1.29, 1.82) is 0 Å². The summed E-state index contributed by atoms with van der Waals surface area (Å²) in [5, 5.41) is 3.77. The standard InChI is InChI=1S/C10H10BrN3/c11-9-3-1-8-6-10(13-14-12)4-2-7(8)5-9/h1,3,5,10H,2,4,6H2. The molecule has 72 valence electrons. The molecule has 4 heteroatoms. The highest BCUT2D eigenvalue weighted by Gasteiger charge is 2.17. The summed E-state index contributed by atoms with van der Waals surface area (Å²) >= 11 is 3.45. The number of fused-ring (bicyclic) bond motifs is 1. The van der Waals surface area contributed by atoms with Gasteiger partial charge in [-0.15, -0.1) is 0 Å². The van der Waals surface area contributed by atoms with Crippen molar-refractivity contribution in [2.24, 2.45) is 5.11 Å². The van der Waals surface area contributed by atoms with E-state index in [1.54, 1.807) is 0 Å². The Kier molecular flexibility index (Phi) is 2.75. The van der Waals surface area contributed by atoms with Gasteiger partial charge in [0.25, 0.3) is 0 Å². The molecule has 1 atom stereocenters. The van der Waals surface area contributed by atoms with Gasteiger partial charge >= 0.3 is 0 Å². The van der Waals surface area contributed by atoms with E-state index in [2.05, 4.69) is 38.1 Å². The van der Waals surface area contributed by atoms with Gasteiger partial charge in [0.15, 0.2) is 0 Å². The van der Waals surface area contributed by atoms with Crippen LogP contribution in [0.4, 0.5) is 0 Å². The molecule has 1 aromatic carbocycles. The lowest BCUT2D eigenvalue weighted by atomic mass is 9.89. The molecule has 3 nitrogen and oxygen atoms in total. The zero-order chi connectivity index (χ0) is 9.97. The number of halogens is 1. The molecule has 0 heterocycles. The predicted molar refractivity (Wildman–Crippen MR) is 59.1 cm³/mol. The number of hydrogen-bond acceptors (Lipinski definition) is 1. The molecule has 0 aromatic heterocycles. The maximum absolute atomic E-state index is 8.36. The zero-order valence-corrected chi connectivity index (χ0v) is 9.24. The van der Waals surface area contributed by atoms with Crippen molar-refractivity contribution < 1.29 is 0 Å². The first-order valence-electron chi connectivity index (χ1n) is 4.61. The minimum Gasteiger partial charge on any atom is -0.0903 e. The maximum Gasteiger partial charge on any atom is 0.0417 e. The Morgan fingerprint density at radius 3 is 3.07 bits per heavy atom. The molecule has 0 aliphatic heterocycles. The van der Waals surface area contributed by atoms with Gasteiger partial charge in [0.05, 0.1) is 0 Å². The second-order valence-electron chi connectivity index (χ2n) is 3.51. The lowest BCUT2D eigenvalue weighted by Gasteiger charge is -2.20. The Balaban J connectivity index is 2.27. The Labute approximate surface area is 90.9 Å². The number of benzene rings is 1. The molecular weight excluding hydrogens is 242 g/mol. The third-order valence-electron chi connectivity index (χ3n) is 2.59. The Hall–Kier alpha value is -0.990. The average molecular weight is 252 g/mol. The summed E-state index contributed by atoms with van der Waals surface area (Å²) in [6.45, 7) is 0. The summed E-state index contributed by atoms with van der Waals surface area (Å²) in [6, 6.07) is 6.45. The first-order valence-corrected chi connectivity index (χ1v) is 5.40. The summed E-state index contributed by atoms with van der Waals surface area (Å²) in [5.74, 6) is 0. The van der Waals surface area contributed by atoms with E-state index in [1.165, 1.54) is 11.1 Å². The number of aryl methyl sites for hydroxylation is 1. The lowest BCUT2D eigenvalue weighted by molar-refractivity contribution is 0.573. The summed E-state index contributed by atoms with van der Waals surface area (Å²) in [6.07, 6.45) is 2.86. The van der Waals surface area contributed by atoms with Crippen molar-refractivity contribution in [3.8, 4) is 0 Å². The zero-order valence-electron chi connectivity index (χ0n) is 7.65. The molecule has 0 spiro atoms. The van der Waals surface area contributed by atoms with E-state index in [1.807, 2.05) is 6.07 Å². The second kappa shape index (κ2) is 4.03. The summed E-state index contributed by atoms with van der Waals surface area (Å²) in [7, 11) is 0. The number of azide groups is 1. The van der Waals surface area contributed by atoms with Gasteiger partial charge in [0.1, 0.15) is 0 Å². The minimum atomic E-state index is 0.147. The molecule has 1 aromatic rings. The van der Waals surface area contributed by atoms with E-state index in [-0.39, 0.29) is 6.04 Å². The van der Waals surface area contributed by atoms with Crippen LogP contribution < -0.4 is 0 Å². The van der Waals surface area contributed by atoms with Gasteiger partial charge in [-0.05, 0) is 48.1 Å². The minimum absolute atomic E-state index is 0.147.